The summed E-state index contributed by atoms with van der Waals surface area (Å²) in [5, 5.41) is 0. The molecule has 0 aromatic heterocycles. The van der Waals surface area contributed by atoms with Crippen molar-refractivity contribution in [1.82, 2.24) is 0 Å². The van der Waals surface area contributed by atoms with Crippen molar-refractivity contribution in [3.8, 4) is 11.1 Å². The molecule has 2 nitrogen and oxygen atoms in total. The second-order valence-corrected chi connectivity index (χ2v) is 5.50. The third kappa shape index (κ3) is 5.16. The Kier molecular flexibility index (Phi) is 6.17. The van der Waals surface area contributed by atoms with Crippen LogP contribution in [0.2, 0.25) is 0 Å². The van der Waals surface area contributed by atoms with Gasteiger partial charge in [-0.05, 0) is 24.0 Å². The normalized spacial score (nSPS) is 14.9. The third-order valence-corrected chi connectivity index (χ3v) is 3.80. The molecule has 21 heavy (non-hydrogen) atoms. The number of rotatable bonds is 2. The van der Waals surface area contributed by atoms with Crippen molar-refractivity contribution < 1.29 is 4.79 Å². The first-order chi connectivity index (χ1) is 10.3. The van der Waals surface area contributed by atoms with E-state index in [0.29, 0.717) is 11.6 Å². The molecule has 2 aromatic rings. The second kappa shape index (κ2) is 8.38. The van der Waals surface area contributed by atoms with Crippen LogP contribution in [0.5, 0.6) is 0 Å². The Morgan fingerprint density at radius 1 is 0.810 bits per heavy atom. The lowest BCUT2D eigenvalue weighted by Gasteiger charge is -2.15. The smallest absolute Gasteiger partial charge is 0.150 e. The minimum Gasteiger partial charge on any atom is -0.328 e. The van der Waals surface area contributed by atoms with Gasteiger partial charge in [0.2, 0.25) is 0 Å². The average Bonchev–Trinajstić information content (AvgIpc) is 2.57. The van der Waals surface area contributed by atoms with Gasteiger partial charge in [0.25, 0.3) is 0 Å². The van der Waals surface area contributed by atoms with Crippen molar-refractivity contribution in [1.29, 1.82) is 0 Å². The van der Waals surface area contributed by atoms with Crippen LogP contribution in [0, 0.1) is 0 Å². The summed E-state index contributed by atoms with van der Waals surface area (Å²) in [4.78, 5) is 10.5. The minimum absolute atomic E-state index is 0.536. The number of nitrogens with two attached hydrogens (primary N) is 1. The highest BCUT2D eigenvalue weighted by atomic mass is 16.1. The van der Waals surface area contributed by atoms with Crippen molar-refractivity contribution in [3.05, 3.63) is 60.2 Å². The van der Waals surface area contributed by atoms with E-state index in [2.05, 4.69) is 12.1 Å². The predicted molar refractivity (Wildman–Crippen MR) is 88.3 cm³/mol. The Morgan fingerprint density at radius 2 is 1.38 bits per heavy atom. The average molecular weight is 281 g/mol. The molecule has 1 fully saturated rings. The van der Waals surface area contributed by atoms with Gasteiger partial charge in [-0.3, -0.25) is 4.79 Å². The first kappa shape index (κ1) is 15.5. The number of aldehydes is 1. The molecule has 3 rings (SSSR count). The summed E-state index contributed by atoms with van der Waals surface area (Å²) < 4.78 is 0. The molecule has 0 radical (unpaired) electrons. The highest BCUT2D eigenvalue weighted by Crippen LogP contribution is 2.18. The third-order valence-electron chi connectivity index (χ3n) is 3.80. The molecule has 0 bridgehead atoms. The molecule has 0 aliphatic heterocycles. The summed E-state index contributed by atoms with van der Waals surface area (Å²) >= 11 is 0. The zero-order chi connectivity index (χ0) is 14.9. The van der Waals surface area contributed by atoms with E-state index in [9.17, 15) is 4.79 Å². The Labute approximate surface area is 127 Å². The Balaban J connectivity index is 0.000000194. The molecule has 0 amide bonds. The predicted octanol–water partition coefficient (Wildman–Crippen LogP) is 4.44. The van der Waals surface area contributed by atoms with Crippen LogP contribution in [-0.4, -0.2) is 12.3 Å². The number of hydrogen-bond acceptors (Lipinski definition) is 2. The zero-order valence-corrected chi connectivity index (χ0v) is 12.4. The standard InChI is InChI=1S/C13H10O.C6H13N/c14-10-11-6-8-13(9-7-11)12-4-2-1-3-5-12;7-6-4-2-1-3-5-6/h1-10H;6H,1-5,7H2. The molecule has 0 spiro atoms. The van der Waals surface area contributed by atoms with Gasteiger partial charge < -0.3 is 5.73 Å². The zero-order valence-electron chi connectivity index (χ0n) is 12.4. The number of carbonyl (C=O) groups is 1. The number of benzene rings is 2. The summed E-state index contributed by atoms with van der Waals surface area (Å²) in [6.07, 6.45) is 7.52. The second-order valence-electron chi connectivity index (χ2n) is 5.50. The van der Waals surface area contributed by atoms with Crippen molar-refractivity contribution in [2.75, 3.05) is 0 Å². The fraction of sp³-hybridized carbons (Fsp3) is 0.316. The summed E-state index contributed by atoms with van der Waals surface area (Å²) in [7, 11) is 0. The van der Waals surface area contributed by atoms with Gasteiger partial charge in [0, 0.05) is 11.6 Å². The van der Waals surface area contributed by atoms with Crippen molar-refractivity contribution in [2.45, 2.75) is 38.1 Å². The maximum absolute atomic E-state index is 10.5. The molecular formula is C19H23NO. The topological polar surface area (TPSA) is 43.1 Å². The van der Waals surface area contributed by atoms with E-state index >= 15 is 0 Å². The van der Waals surface area contributed by atoms with E-state index < -0.39 is 0 Å². The molecule has 0 heterocycles. The summed E-state index contributed by atoms with van der Waals surface area (Å²) in [5.74, 6) is 0. The summed E-state index contributed by atoms with van der Waals surface area (Å²) in [5.41, 5.74) is 8.65. The fourth-order valence-corrected chi connectivity index (χ4v) is 2.52. The summed E-state index contributed by atoms with van der Waals surface area (Å²) in [6.45, 7) is 0. The van der Waals surface area contributed by atoms with E-state index in [1.165, 1.54) is 37.7 Å². The maximum Gasteiger partial charge on any atom is 0.150 e. The molecule has 0 saturated heterocycles. The molecule has 1 aliphatic rings. The van der Waals surface area contributed by atoms with Crippen LogP contribution in [0.15, 0.2) is 54.6 Å². The van der Waals surface area contributed by atoms with Crippen LogP contribution in [-0.2, 0) is 0 Å². The fourth-order valence-electron chi connectivity index (χ4n) is 2.52. The largest absolute Gasteiger partial charge is 0.328 e. The van der Waals surface area contributed by atoms with Crippen LogP contribution in [0.4, 0.5) is 0 Å². The van der Waals surface area contributed by atoms with Crippen LogP contribution in [0.3, 0.4) is 0 Å². The highest BCUT2D eigenvalue weighted by molar-refractivity contribution is 5.76. The molecule has 1 aliphatic carbocycles. The van der Waals surface area contributed by atoms with Gasteiger partial charge >= 0.3 is 0 Å². The van der Waals surface area contributed by atoms with Crippen LogP contribution in [0.25, 0.3) is 11.1 Å². The first-order valence-electron chi connectivity index (χ1n) is 7.66. The van der Waals surface area contributed by atoms with Crippen LogP contribution < -0.4 is 5.73 Å². The molecular weight excluding hydrogens is 258 g/mol. The number of hydrogen-bond donors (Lipinski definition) is 1. The monoisotopic (exact) mass is 281 g/mol. The Morgan fingerprint density at radius 3 is 1.86 bits per heavy atom. The van der Waals surface area contributed by atoms with Gasteiger partial charge in [-0.1, -0.05) is 73.9 Å². The number of carbonyl (C=O) groups excluding carboxylic acids is 1. The van der Waals surface area contributed by atoms with E-state index in [1.54, 1.807) is 0 Å². The van der Waals surface area contributed by atoms with Gasteiger partial charge in [0.05, 0.1) is 0 Å². The van der Waals surface area contributed by atoms with Crippen molar-refractivity contribution >= 4 is 6.29 Å². The van der Waals surface area contributed by atoms with Crippen LogP contribution >= 0.6 is 0 Å². The summed E-state index contributed by atoms with van der Waals surface area (Å²) in [6, 6.07) is 18.2. The van der Waals surface area contributed by atoms with Gasteiger partial charge in [0.15, 0.2) is 0 Å². The highest BCUT2D eigenvalue weighted by Gasteiger charge is 2.06. The molecule has 2 N–H and O–H groups in total. The van der Waals surface area contributed by atoms with E-state index in [4.69, 9.17) is 5.73 Å². The first-order valence-corrected chi connectivity index (χ1v) is 7.66. The van der Waals surface area contributed by atoms with Crippen molar-refractivity contribution in [3.63, 3.8) is 0 Å². The SMILES string of the molecule is NC1CCCCC1.O=Cc1ccc(-c2ccccc2)cc1. The molecule has 2 heteroatoms. The van der Waals surface area contributed by atoms with Gasteiger partial charge in [-0.2, -0.15) is 0 Å². The molecule has 2 aromatic carbocycles. The molecule has 1 saturated carbocycles. The van der Waals surface area contributed by atoms with E-state index in [1.807, 2.05) is 42.5 Å². The quantitative estimate of drug-likeness (QED) is 0.827. The van der Waals surface area contributed by atoms with Gasteiger partial charge in [-0.25, -0.2) is 0 Å². The Hall–Kier alpha value is -1.93. The molecule has 110 valence electrons. The Bertz CT molecular complexity index is 527. The van der Waals surface area contributed by atoms with Crippen molar-refractivity contribution in [2.24, 2.45) is 5.73 Å². The van der Waals surface area contributed by atoms with E-state index in [0.717, 1.165) is 11.8 Å². The molecule has 0 unspecified atom stereocenters. The van der Waals surface area contributed by atoms with Gasteiger partial charge in [-0.15, -0.1) is 0 Å². The lowest BCUT2D eigenvalue weighted by molar-refractivity contribution is 0.112. The van der Waals surface area contributed by atoms with E-state index in [-0.39, 0.29) is 0 Å². The molecule has 0 atom stereocenters. The van der Waals surface area contributed by atoms with Crippen LogP contribution in [0.1, 0.15) is 42.5 Å². The van der Waals surface area contributed by atoms with Gasteiger partial charge in [0.1, 0.15) is 6.29 Å². The minimum atomic E-state index is 0.536. The maximum atomic E-state index is 10.5. The lowest BCUT2D eigenvalue weighted by Crippen LogP contribution is -2.22. The lowest BCUT2D eigenvalue weighted by atomic mass is 9.97.